The highest BCUT2D eigenvalue weighted by Gasteiger charge is 2.44. The number of sulfonamides is 1. The molecule has 136 valence electrons. The molecule has 5 nitrogen and oxygen atoms in total. The van der Waals surface area contributed by atoms with Crippen LogP contribution in [0.5, 0.6) is 0 Å². The largest absolute Gasteiger partial charge is 0.284 e. The number of carbonyl (C=O) groups is 1. The van der Waals surface area contributed by atoms with Gasteiger partial charge in [0.2, 0.25) is 0 Å². The first kappa shape index (κ1) is 17.5. The van der Waals surface area contributed by atoms with Gasteiger partial charge in [0, 0.05) is 13.1 Å². The average Bonchev–Trinajstić information content (AvgIpc) is 2.89. The van der Waals surface area contributed by atoms with Crippen LogP contribution < -0.4 is 0 Å². The fourth-order valence-corrected chi connectivity index (χ4v) is 4.83. The molecule has 6 heteroatoms. The lowest BCUT2D eigenvalue weighted by Gasteiger charge is -2.30. The topological polar surface area (TPSA) is 57.7 Å². The minimum Gasteiger partial charge on any atom is -0.266 e. The van der Waals surface area contributed by atoms with Crippen LogP contribution in [-0.2, 0) is 23.1 Å². The maximum absolute atomic E-state index is 13.1. The maximum Gasteiger partial charge on any atom is 0.284 e. The number of amides is 1. The van der Waals surface area contributed by atoms with Crippen molar-refractivity contribution in [2.75, 3.05) is 0 Å². The molecule has 0 aliphatic carbocycles. The monoisotopic (exact) mass is 378 g/mol. The highest BCUT2D eigenvalue weighted by molar-refractivity contribution is 7.90. The molecule has 0 unspecified atom stereocenters. The van der Waals surface area contributed by atoms with E-state index in [2.05, 4.69) is 0 Å². The Labute approximate surface area is 158 Å². The van der Waals surface area contributed by atoms with Crippen LogP contribution in [0.3, 0.4) is 0 Å². The van der Waals surface area contributed by atoms with E-state index in [9.17, 15) is 13.2 Å². The van der Waals surface area contributed by atoms with E-state index in [0.717, 1.165) is 15.5 Å². The number of nitrogens with zero attached hydrogens (tertiary/aromatic N) is 2. The number of hydrazine groups is 1. The third-order valence-corrected chi connectivity index (χ3v) is 6.23. The molecule has 0 saturated heterocycles. The molecule has 0 radical (unpaired) electrons. The van der Waals surface area contributed by atoms with Gasteiger partial charge >= 0.3 is 0 Å². The third kappa shape index (κ3) is 3.25. The van der Waals surface area contributed by atoms with E-state index >= 15 is 0 Å². The summed E-state index contributed by atoms with van der Waals surface area (Å²) in [5.74, 6) is -0.516. The molecule has 1 aliphatic heterocycles. The first-order valence-electron chi connectivity index (χ1n) is 8.59. The molecule has 0 N–H and O–H groups in total. The molecule has 3 aromatic rings. The summed E-state index contributed by atoms with van der Waals surface area (Å²) in [5, 5.41) is 1.59. The van der Waals surface area contributed by atoms with Gasteiger partial charge in [0.05, 0.1) is 5.56 Å². The van der Waals surface area contributed by atoms with Crippen molar-refractivity contribution in [2.24, 2.45) is 0 Å². The minimum atomic E-state index is -3.93. The number of rotatable bonds is 5. The summed E-state index contributed by atoms with van der Waals surface area (Å²) in [7, 11) is -3.93. The highest BCUT2D eigenvalue weighted by Crippen LogP contribution is 2.32. The SMILES string of the molecule is O=C1c2ccccc2S(=O)(=O)N1N(Cc1ccccc1)Cc1ccccc1. The molecule has 0 spiro atoms. The first-order chi connectivity index (χ1) is 13.1. The van der Waals surface area contributed by atoms with Crippen LogP contribution in [-0.4, -0.2) is 23.7 Å². The summed E-state index contributed by atoms with van der Waals surface area (Å²) in [5.41, 5.74) is 2.06. The Morgan fingerprint density at radius 1 is 0.704 bits per heavy atom. The van der Waals surface area contributed by atoms with Crippen LogP contribution in [0.25, 0.3) is 0 Å². The summed E-state index contributed by atoms with van der Waals surface area (Å²) < 4.78 is 27.1. The van der Waals surface area contributed by atoms with E-state index < -0.39 is 15.9 Å². The molecule has 1 heterocycles. The molecule has 0 atom stereocenters. The van der Waals surface area contributed by atoms with Crippen molar-refractivity contribution in [3.8, 4) is 0 Å². The normalized spacial score (nSPS) is 15.1. The van der Waals surface area contributed by atoms with Crippen molar-refractivity contribution in [2.45, 2.75) is 18.0 Å². The van der Waals surface area contributed by atoms with Gasteiger partial charge in [0.15, 0.2) is 0 Å². The number of hydrogen-bond acceptors (Lipinski definition) is 4. The molecule has 0 aromatic heterocycles. The van der Waals surface area contributed by atoms with E-state index in [1.54, 1.807) is 23.2 Å². The quantitative estimate of drug-likeness (QED) is 0.682. The zero-order valence-corrected chi connectivity index (χ0v) is 15.3. The molecular formula is C21H18N2O3S. The van der Waals surface area contributed by atoms with Crippen LogP contribution in [0, 0.1) is 0 Å². The van der Waals surface area contributed by atoms with Gasteiger partial charge in [-0.15, -0.1) is 0 Å². The Balaban J connectivity index is 1.75. The Kier molecular flexibility index (Phi) is 4.51. The van der Waals surface area contributed by atoms with Gasteiger partial charge in [0.25, 0.3) is 15.9 Å². The smallest absolute Gasteiger partial charge is 0.266 e. The molecule has 27 heavy (non-hydrogen) atoms. The van der Waals surface area contributed by atoms with Gasteiger partial charge in [-0.3, -0.25) is 4.79 Å². The zero-order chi connectivity index (χ0) is 18.9. The number of carbonyl (C=O) groups excluding carboxylic acids is 1. The predicted octanol–water partition coefficient (Wildman–Crippen LogP) is 3.45. The first-order valence-corrected chi connectivity index (χ1v) is 10.0. The van der Waals surface area contributed by atoms with Gasteiger partial charge < -0.3 is 0 Å². The van der Waals surface area contributed by atoms with Crippen molar-refractivity contribution in [3.05, 3.63) is 102 Å². The lowest BCUT2D eigenvalue weighted by molar-refractivity contribution is 0.0321. The molecule has 3 aromatic carbocycles. The van der Waals surface area contributed by atoms with Crippen LogP contribution in [0.4, 0.5) is 0 Å². The standard InChI is InChI=1S/C21H18N2O3S/c24-21-19-13-7-8-14-20(19)27(25,26)23(21)22(15-17-9-3-1-4-10-17)16-18-11-5-2-6-12-18/h1-14H,15-16H2. The summed E-state index contributed by atoms with van der Waals surface area (Å²) >= 11 is 0. The summed E-state index contributed by atoms with van der Waals surface area (Å²) in [6.07, 6.45) is 0. The minimum absolute atomic E-state index is 0.0566. The van der Waals surface area contributed by atoms with Crippen LogP contribution in [0.15, 0.2) is 89.8 Å². The molecule has 4 rings (SSSR count). The second kappa shape index (κ2) is 6.98. The van der Waals surface area contributed by atoms with Gasteiger partial charge in [-0.25, -0.2) is 0 Å². The molecule has 0 saturated carbocycles. The zero-order valence-electron chi connectivity index (χ0n) is 14.5. The van der Waals surface area contributed by atoms with Crippen LogP contribution >= 0.6 is 0 Å². The highest BCUT2D eigenvalue weighted by atomic mass is 32.2. The van der Waals surface area contributed by atoms with Crippen molar-refractivity contribution < 1.29 is 13.2 Å². The van der Waals surface area contributed by atoms with Crippen molar-refractivity contribution in [1.82, 2.24) is 9.42 Å². The van der Waals surface area contributed by atoms with E-state index in [-0.39, 0.29) is 10.5 Å². The number of hydrogen-bond donors (Lipinski definition) is 0. The van der Waals surface area contributed by atoms with E-state index in [1.165, 1.54) is 6.07 Å². The van der Waals surface area contributed by atoms with Gasteiger partial charge in [0.1, 0.15) is 4.90 Å². The van der Waals surface area contributed by atoms with Crippen LogP contribution in [0.1, 0.15) is 21.5 Å². The number of benzene rings is 3. The van der Waals surface area contributed by atoms with Crippen molar-refractivity contribution >= 4 is 15.9 Å². The van der Waals surface area contributed by atoms with Crippen molar-refractivity contribution in [3.63, 3.8) is 0 Å². The number of fused-ring (bicyclic) bond motifs is 1. The van der Waals surface area contributed by atoms with Gasteiger partial charge in [-0.2, -0.15) is 17.8 Å². The van der Waals surface area contributed by atoms with E-state index in [1.807, 2.05) is 60.7 Å². The summed E-state index contributed by atoms with van der Waals surface area (Å²) in [6.45, 7) is 0.601. The van der Waals surface area contributed by atoms with Gasteiger partial charge in [-0.1, -0.05) is 72.8 Å². The van der Waals surface area contributed by atoms with Crippen molar-refractivity contribution in [1.29, 1.82) is 0 Å². The summed E-state index contributed by atoms with van der Waals surface area (Å²) in [4.78, 5) is 13.0. The fourth-order valence-electron chi connectivity index (χ4n) is 3.23. The predicted molar refractivity (Wildman–Crippen MR) is 102 cm³/mol. The van der Waals surface area contributed by atoms with Gasteiger partial charge in [-0.05, 0) is 23.3 Å². The molecule has 1 amide bonds. The van der Waals surface area contributed by atoms with E-state index in [4.69, 9.17) is 0 Å². The Morgan fingerprint density at radius 3 is 1.70 bits per heavy atom. The average molecular weight is 378 g/mol. The Bertz CT molecular complexity index is 1030. The molecule has 0 bridgehead atoms. The second-order valence-corrected chi connectivity index (χ2v) is 8.08. The van der Waals surface area contributed by atoms with Crippen LogP contribution in [0.2, 0.25) is 0 Å². The van der Waals surface area contributed by atoms with E-state index in [0.29, 0.717) is 13.1 Å². The Morgan fingerprint density at radius 2 is 1.19 bits per heavy atom. The second-order valence-electron chi connectivity index (χ2n) is 6.34. The third-order valence-electron chi connectivity index (χ3n) is 4.47. The fraction of sp³-hybridized carbons (Fsp3) is 0.0952. The molecular weight excluding hydrogens is 360 g/mol. The lowest BCUT2D eigenvalue weighted by atomic mass is 10.2. The maximum atomic E-state index is 13.1. The molecule has 0 fully saturated rings. The molecule has 1 aliphatic rings. The summed E-state index contributed by atoms with van der Waals surface area (Å²) in [6, 6.07) is 25.4. The Hall–Kier alpha value is -2.96. The lowest BCUT2D eigenvalue weighted by Crippen LogP contribution is -2.45.